The van der Waals surface area contributed by atoms with Gasteiger partial charge in [0.15, 0.2) is 0 Å². The molecule has 0 radical (unpaired) electrons. The predicted octanol–water partition coefficient (Wildman–Crippen LogP) is 3.61. The fourth-order valence-corrected chi connectivity index (χ4v) is 2.10. The molecule has 82 valence electrons. The van der Waals surface area contributed by atoms with Crippen molar-refractivity contribution >= 4 is 10.9 Å². The van der Waals surface area contributed by atoms with E-state index in [1.54, 1.807) is 0 Å². The molecule has 3 rings (SSSR count). The first-order chi connectivity index (χ1) is 8.36. The highest BCUT2D eigenvalue weighted by Crippen LogP contribution is 2.28. The van der Waals surface area contributed by atoms with Crippen molar-refractivity contribution in [3.05, 3.63) is 60.3 Å². The van der Waals surface area contributed by atoms with Crippen LogP contribution in [0.25, 0.3) is 22.0 Å². The maximum absolute atomic E-state index is 4.15. The molecule has 0 bridgehead atoms. The van der Waals surface area contributed by atoms with Gasteiger partial charge in [-0.25, -0.2) is 0 Å². The van der Waals surface area contributed by atoms with E-state index in [0.29, 0.717) is 0 Å². The summed E-state index contributed by atoms with van der Waals surface area (Å²) in [5.41, 5.74) is 4.56. The van der Waals surface area contributed by atoms with Gasteiger partial charge in [-0.05, 0) is 24.1 Å². The zero-order valence-corrected chi connectivity index (χ0v) is 9.59. The Morgan fingerprint density at radius 2 is 1.59 bits per heavy atom. The first kappa shape index (κ1) is 9.97. The molecule has 2 aromatic carbocycles. The maximum Gasteiger partial charge on any atom is 0.0935 e. The molecule has 3 aromatic rings. The van der Waals surface area contributed by atoms with Crippen LogP contribution in [0.1, 0.15) is 5.56 Å². The number of hydrogen-bond donors (Lipinski definition) is 0. The van der Waals surface area contributed by atoms with Crippen LogP contribution in [0.4, 0.5) is 0 Å². The molecule has 0 saturated heterocycles. The molecule has 0 N–H and O–H groups in total. The minimum Gasteiger partial charge on any atom is -0.158 e. The Labute approximate surface area is 99.9 Å². The molecule has 0 saturated carbocycles. The van der Waals surface area contributed by atoms with Crippen LogP contribution in [-0.2, 0) is 0 Å². The first-order valence-electron chi connectivity index (χ1n) is 5.63. The molecular formula is C15H12N2. The quantitative estimate of drug-likeness (QED) is 0.626. The van der Waals surface area contributed by atoms with Crippen LogP contribution in [0, 0.1) is 6.92 Å². The van der Waals surface area contributed by atoms with Gasteiger partial charge in [0.1, 0.15) is 0 Å². The van der Waals surface area contributed by atoms with Crippen LogP contribution < -0.4 is 0 Å². The van der Waals surface area contributed by atoms with Crippen molar-refractivity contribution in [2.75, 3.05) is 0 Å². The molecule has 0 amide bonds. The SMILES string of the molecule is Cc1ccccc1-c1cnnc2ccccc12. The van der Waals surface area contributed by atoms with Crippen LogP contribution in [0.5, 0.6) is 0 Å². The predicted molar refractivity (Wildman–Crippen MR) is 69.7 cm³/mol. The zero-order chi connectivity index (χ0) is 11.7. The molecule has 1 heterocycles. The summed E-state index contributed by atoms with van der Waals surface area (Å²) in [4.78, 5) is 0. The van der Waals surface area contributed by atoms with Crippen LogP contribution >= 0.6 is 0 Å². The molecule has 0 spiro atoms. The second kappa shape index (κ2) is 3.98. The summed E-state index contributed by atoms with van der Waals surface area (Å²) in [6, 6.07) is 16.4. The van der Waals surface area contributed by atoms with E-state index in [1.807, 2.05) is 24.4 Å². The smallest absolute Gasteiger partial charge is 0.0935 e. The van der Waals surface area contributed by atoms with E-state index in [0.717, 1.165) is 16.5 Å². The second-order valence-electron chi connectivity index (χ2n) is 4.09. The third-order valence-corrected chi connectivity index (χ3v) is 2.98. The Morgan fingerprint density at radius 1 is 0.824 bits per heavy atom. The van der Waals surface area contributed by atoms with Gasteiger partial charge in [-0.2, -0.15) is 10.2 Å². The summed E-state index contributed by atoms with van der Waals surface area (Å²) in [6.07, 6.45) is 1.84. The largest absolute Gasteiger partial charge is 0.158 e. The number of aryl methyl sites for hydroxylation is 1. The van der Waals surface area contributed by atoms with E-state index < -0.39 is 0 Å². The summed E-state index contributed by atoms with van der Waals surface area (Å²) in [7, 11) is 0. The normalized spacial score (nSPS) is 10.6. The van der Waals surface area contributed by atoms with Crippen molar-refractivity contribution in [1.82, 2.24) is 10.2 Å². The second-order valence-corrected chi connectivity index (χ2v) is 4.09. The molecule has 2 heteroatoms. The topological polar surface area (TPSA) is 25.8 Å². The number of fused-ring (bicyclic) bond motifs is 1. The summed E-state index contributed by atoms with van der Waals surface area (Å²) in [5.74, 6) is 0. The zero-order valence-electron chi connectivity index (χ0n) is 9.59. The molecule has 17 heavy (non-hydrogen) atoms. The Morgan fingerprint density at radius 3 is 2.47 bits per heavy atom. The van der Waals surface area contributed by atoms with Crippen molar-refractivity contribution in [3.8, 4) is 11.1 Å². The Hall–Kier alpha value is -2.22. The van der Waals surface area contributed by atoms with E-state index >= 15 is 0 Å². The summed E-state index contributed by atoms with van der Waals surface area (Å²) < 4.78 is 0. The highest BCUT2D eigenvalue weighted by Gasteiger charge is 2.06. The van der Waals surface area contributed by atoms with Crippen molar-refractivity contribution in [2.24, 2.45) is 0 Å². The van der Waals surface area contributed by atoms with Gasteiger partial charge in [-0.15, -0.1) is 0 Å². The van der Waals surface area contributed by atoms with Gasteiger partial charge in [0, 0.05) is 10.9 Å². The maximum atomic E-state index is 4.15. The molecule has 0 atom stereocenters. The lowest BCUT2D eigenvalue weighted by Gasteiger charge is -2.07. The Kier molecular flexibility index (Phi) is 2.33. The molecule has 0 fully saturated rings. The number of rotatable bonds is 1. The van der Waals surface area contributed by atoms with Gasteiger partial charge in [-0.3, -0.25) is 0 Å². The van der Waals surface area contributed by atoms with E-state index in [9.17, 15) is 0 Å². The fourth-order valence-electron chi connectivity index (χ4n) is 2.10. The number of hydrogen-bond acceptors (Lipinski definition) is 2. The molecule has 0 aliphatic heterocycles. The highest BCUT2D eigenvalue weighted by atomic mass is 15.1. The van der Waals surface area contributed by atoms with Gasteiger partial charge >= 0.3 is 0 Å². The van der Waals surface area contributed by atoms with Crippen molar-refractivity contribution in [2.45, 2.75) is 6.92 Å². The molecular weight excluding hydrogens is 208 g/mol. The Bertz CT molecular complexity index is 669. The third kappa shape index (κ3) is 1.68. The van der Waals surface area contributed by atoms with Gasteiger partial charge < -0.3 is 0 Å². The number of aromatic nitrogens is 2. The lowest BCUT2D eigenvalue weighted by molar-refractivity contribution is 1.08. The van der Waals surface area contributed by atoms with Crippen molar-refractivity contribution in [1.29, 1.82) is 0 Å². The molecule has 0 unspecified atom stereocenters. The summed E-state index contributed by atoms with van der Waals surface area (Å²) in [6.45, 7) is 2.12. The minimum atomic E-state index is 0.938. The Balaban J connectivity index is 2.35. The average Bonchev–Trinajstić information content (AvgIpc) is 2.39. The van der Waals surface area contributed by atoms with Gasteiger partial charge in [0.25, 0.3) is 0 Å². The standard InChI is InChI=1S/C15H12N2/c1-11-6-2-3-7-12(11)14-10-16-17-15-9-5-4-8-13(14)15/h2-10H,1H3. The summed E-state index contributed by atoms with van der Waals surface area (Å²) >= 11 is 0. The van der Waals surface area contributed by atoms with Gasteiger partial charge in [-0.1, -0.05) is 42.5 Å². The van der Waals surface area contributed by atoms with Gasteiger partial charge in [0.05, 0.1) is 11.7 Å². The number of nitrogens with zero attached hydrogens (tertiary/aromatic N) is 2. The molecule has 2 nitrogen and oxygen atoms in total. The van der Waals surface area contributed by atoms with Crippen molar-refractivity contribution in [3.63, 3.8) is 0 Å². The van der Waals surface area contributed by atoms with E-state index in [-0.39, 0.29) is 0 Å². The lowest BCUT2D eigenvalue weighted by atomic mass is 9.99. The first-order valence-corrected chi connectivity index (χ1v) is 5.63. The van der Waals surface area contributed by atoms with Crippen molar-refractivity contribution < 1.29 is 0 Å². The van der Waals surface area contributed by atoms with Crippen LogP contribution in [0.15, 0.2) is 54.7 Å². The molecule has 0 aliphatic carbocycles. The van der Waals surface area contributed by atoms with E-state index in [4.69, 9.17) is 0 Å². The van der Waals surface area contributed by atoms with Gasteiger partial charge in [0.2, 0.25) is 0 Å². The summed E-state index contributed by atoms with van der Waals surface area (Å²) in [5, 5.41) is 9.38. The van der Waals surface area contributed by atoms with Crippen LogP contribution in [0.2, 0.25) is 0 Å². The molecule has 0 aliphatic rings. The molecule has 1 aromatic heterocycles. The van der Waals surface area contributed by atoms with Crippen LogP contribution in [-0.4, -0.2) is 10.2 Å². The third-order valence-electron chi connectivity index (χ3n) is 2.98. The fraction of sp³-hybridized carbons (Fsp3) is 0.0667. The van der Waals surface area contributed by atoms with E-state index in [1.165, 1.54) is 11.1 Å². The monoisotopic (exact) mass is 220 g/mol. The lowest BCUT2D eigenvalue weighted by Crippen LogP contribution is -1.89. The van der Waals surface area contributed by atoms with Crippen LogP contribution in [0.3, 0.4) is 0 Å². The van der Waals surface area contributed by atoms with E-state index in [2.05, 4.69) is 47.5 Å². The average molecular weight is 220 g/mol. The minimum absolute atomic E-state index is 0.938. The number of benzene rings is 2. The highest BCUT2D eigenvalue weighted by molar-refractivity contribution is 5.94.